The first-order valence-electron chi connectivity index (χ1n) is 11.2. The van der Waals surface area contributed by atoms with Gasteiger partial charge in [0.05, 0.1) is 19.3 Å². The second-order valence-electron chi connectivity index (χ2n) is 8.83. The topological polar surface area (TPSA) is 102 Å². The molecule has 0 heterocycles. The molecule has 0 saturated carbocycles. The molecule has 0 radical (unpaired) electrons. The third-order valence-electron chi connectivity index (χ3n) is 6.42. The summed E-state index contributed by atoms with van der Waals surface area (Å²) in [7, 11) is 0. The van der Waals surface area contributed by atoms with Gasteiger partial charge in [-0.3, -0.25) is 4.79 Å². The number of amides is 1. The molecule has 5 N–H and O–H groups in total. The van der Waals surface area contributed by atoms with Crippen LogP contribution in [0.15, 0.2) is 23.8 Å². The van der Waals surface area contributed by atoms with Gasteiger partial charge < -0.3 is 26.0 Å². The molecule has 0 saturated heterocycles. The molecular formula is C23H40N2O4. The van der Waals surface area contributed by atoms with Gasteiger partial charge in [0, 0.05) is 25.6 Å². The molecule has 0 aromatic rings. The number of carbonyl (C=O) groups excluding carboxylic acids is 1. The fourth-order valence-corrected chi connectivity index (χ4v) is 4.85. The molecule has 6 unspecified atom stereocenters. The van der Waals surface area contributed by atoms with Crippen LogP contribution < -0.4 is 10.6 Å². The normalized spacial score (nSPS) is 28.4. The lowest BCUT2D eigenvalue weighted by molar-refractivity contribution is -0.121. The summed E-state index contributed by atoms with van der Waals surface area (Å²) in [5.74, 6) is 2.18. The summed E-state index contributed by atoms with van der Waals surface area (Å²) >= 11 is 0. The lowest BCUT2D eigenvalue weighted by atomic mass is 9.66. The van der Waals surface area contributed by atoms with E-state index in [1.807, 2.05) is 0 Å². The molecule has 0 aliphatic heterocycles. The van der Waals surface area contributed by atoms with E-state index >= 15 is 0 Å². The van der Waals surface area contributed by atoms with E-state index in [0.717, 1.165) is 12.8 Å². The second kappa shape index (κ2) is 12.5. The Bertz CT molecular complexity index is 563. The Morgan fingerprint density at radius 1 is 1.21 bits per heavy atom. The zero-order chi connectivity index (χ0) is 21.2. The minimum atomic E-state index is -0.482. The molecule has 29 heavy (non-hydrogen) atoms. The number of hydrogen-bond acceptors (Lipinski definition) is 5. The Labute approximate surface area is 175 Å². The van der Waals surface area contributed by atoms with Crippen LogP contribution >= 0.6 is 0 Å². The van der Waals surface area contributed by atoms with Crippen molar-refractivity contribution in [2.45, 2.75) is 64.5 Å². The monoisotopic (exact) mass is 408 g/mol. The zero-order valence-electron chi connectivity index (χ0n) is 18.0. The highest BCUT2D eigenvalue weighted by Gasteiger charge is 2.33. The first-order chi connectivity index (χ1) is 13.9. The van der Waals surface area contributed by atoms with Crippen molar-refractivity contribution in [1.82, 2.24) is 10.6 Å². The molecule has 166 valence electrons. The highest BCUT2D eigenvalue weighted by atomic mass is 16.3. The molecule has 2 rings (SSSR count). The van der Waals surface area contributed by atoms with E-state index in [1.165, 1.54) is 18.4 Å². The maximum absolute atomic E-state index is 12.0. The fraction of sp³-hybridized carbons (Fsp3) is 0.783. The van der Waals surface area contributed by atoms with Crippen molar-refractivity contribution in [3.8, 4) is 0 Å². The van der Waals surface area contributed by atoms with Crippen molar-refractivity contribution in [3.63, 3.8) is 0 Å². The smallest absolute Gasteiger partial charge is 0.221 e. The quantitative estimate of drug-likeness (QED) is 0.339. The molecule has 0 aromatic carbocycles. The Kier molecular flexibility index (Phi) is 10.4. The number of allylic oxidation sites excluding steroid dienone is 4. The first-order valence-corrected chi connectivity index (χ1v) is 11.2. The van der Waals surface area contributed by atoms with E-state index in [9.17, 15) is 9.90 Å². The molecule has 1 amide bonds. The third-order valence-corrected chi connectivity index (χ3v) is 6.42. The Morgan fingerprint density at radius 3 is 2.69 bits per heavy atom. The average molecular weight is 409 g/mol. The van der Waals surface area contributed by atoms with Crippen molar-refractivity contribution in [1.29, 1.82) is 0 Å². The molecule has 6 heteroatoms. The predicted octanol–water partition coefficient (Wildman–Crippen LogP) is 1.76. The molecule has 0 aromatic heterocycles. The summed E-state index contributed by atoms with van der Waals surface area (Å²) in [6.45, 7) is 5.09. The summed E-state index contributed by atoms with van der Waals surface area (Å²) in [5, 5.41) is 34.4. The van der Waals surface area contributed by atoms with Crippen LogP contribution in [0.3, 0.4) is 0 Å². The Hall–Kier alpha value is -1.21. The van der Waals surface area contributed by atoms with E-state index < -0.39 is 6.10 Å². The van der Waals surface area contributed by atoms with Gasteiger partial charge in [0.2, 0.25) is 5.91 Å². The van der Waals surface area contributed by atoms with Crippen molar-refractivity contribution in [2.75, 3.05) is 26.3 Å². The van der Waals surface area contributed by atoms with Crippen LogP contribution in [0.1, 0.15) is 52.4 Å². The second-order valence-corrected chi connectivity index (χ2v) is 8.83. The van der Waals surface area contributed by atoms with Crippen LogP contribution in [0, 0.1) is 23.7 Å². The summed E-state index contributed by atoms with van der Waals surface area (Å²) in [6, 6.07) is -0.189. The van der Waals surface area contributed by atoms with Gasteiger partial charge in [0.25, 0.3) is 0 Å². The molecular weight excluding hydrogens is 368 g/mol. The van der Waals surface area contributed by atoms with Crippen LogP contribution in [0.5, 0.6) is 0 Å². The standard InChI is InChI=1S/C23H40N2O4/c1-16-3-7-22-18(13-16)5-4-17(2)21(22)8-6-20(28)14-19(24-9-11-26)15-23(29)25-10-12-27/h4-5,13,16-17,19-22,24,26-28H,3,6-12,14-15H2,1-2H3,(H,25,29). The maximum Gasteiger partial charge on any atom is 0.221 e. The summed E-state index contributed by atoms with van der Waals surface area (Å²) in [6.07, 6.45) is 11.4. The lowest BCUT2D eigenvalue weighted by Crippen LogP contribution is -2.40. The van der Waals surface area contributed by atoms with Gasteiger partial charge in [-0.05, 0) is 61.3 Å². The van der Waals surface area contributed by atoms with Crippen LogP contribution in [-0.4, -0.2) is 59.7 Å². The van der Waals surface area contributed by atoms with Crippen molar-refractivity contribution in [3.05, 3.63) is 23.8 Å². The SMILES string of the molecule is CC1C=C2C=CC(C)C(CCC(O)CC(CC(=O)NCCO)NCCO)C2CC1. The number of fused-ring (bicyclic) bond motifs is 1. The number of aliphatic hydroxyl groups is 3. The van der Waals surface area contributed by atoms with Gasteiger partial charge in [-0.1, -0.05) is 32.1 Å². The van der Waals surface area contributed by atoms with E-state index in [0.29, 0.717) is 36.6 Å². The van der Waals surface area contributed by atoms with Gasteiger partial charge in [0.1, 0.15) is 0 Å². The van der Waals surface area contributed by atoms with Crippen LogP contribution in [0.25, 0.3) is 0 Å². The fourth-order valence-electron chi connectivity index (χ4n) is 4.85. The molecule has 0 bridgehead atoms. The molecule has 6 nitrogen and oxygen atoms in total. The van der Waals surface area contributed by atoms with Gasteiger partial charge in [-0.2, -0.15) is 0 Å². The van der Waals surface area contributed by atoms with E-state index in [4.69, 9.17) is 10.2 Å². The third kappa shape index (κ3) is 7.85. The Morgan fingerprint density at radius 2 is 1.97 bits per heavy atom. The zero-order valence-corrected chi connectivity index (χ0v) is 18.0. The molecule has 0 spiro atoms. The average Bonchev–Trinajstić information content (AvgIpc) is 2.69. The minimum Gasteiger partial charge on any atom is -0.395 e. The van der Waals surface area contributed by atoms with Crippen LogP contribution in [0.2, 0.25) is 0 Å². The summed E-state index contributed by atoms with van der Waals surface area (Å²) < 4.78 is 0. The molecule has 2 aliphatic carbocycles. The van der Waals surface area contributed by atoms with E-state index in [2.05, 4.69) is 42.7 Å². The maximum atomic E-state index is 12.0. The first kappa shape index (κ1) is 24.1. The van der Waals surface area contributed by atoms with Gasteiger partial charge in [-0.15, -0.1) is 0 Å². The summed E-state index contributed by atoms with van der Waals surface area (Å²) in [4.78, 5) is 12.0. The summed E-state index contributed by atoms with van der Waals surface area (Å²) in [5.41, 5.74) is 1.48. The highest BCUT2D eigenvalue weighted by Crippen LogP contribution is 2.43. The molecule has 0 fully saturated rings. The number of aliphatic hydroxyl groups excluding tert-OH is 3. The van der Waals surface area contributed by atoms with E-state index in [1.54, 1.807) is 0 Å². The van der Waals surface area contributed by atoms with Gasteiger partial charge in [0.15, 0.2) is 0 Å². The highest BCUT2D eigenvalue weighted by molar-refractivity contribution is 5.76. The largest absolute Gasteiger partial charge is 0.395 e. The van der Waals surface area contributed by atoms with Crippen LogP contribution in [-0.2, 0) is 4.79 Å². The van der Waals surface area contributed by atoms with Crippen molar-refractivity contribution in [2.24, 2.45) is 23.7 Å². The molecule has 6 atom stereocenters. The number of rotatable bonds is 12. The van der Waals surface area contributed by atoms with Crippen molar-refractivity contribution >= 4 is 5.91 Å². The Balaban J connectivity index is 1.87. The van der Waals surface area contributed by atoms with Gasteiger partial charge in [-0.25, -0.2) is 0 Å². The lowest BCUT2D eigenvalue weighted by Gasteiger charge is -2.39. The number of hydrogen-bond donors (Lipinski definition) is 5. The molecule has 2 aliphatic rings. The van der Waals surface area contributed by atoms with E-state index in [-0.39, 0.29) is 38.1 Å². The predicted molar refractivity (Wildman–Crippen MR) is 115 cm³/mol. The van der Waals surface area contributed by atoms with Gasteiger partial charge >= 0.3 is 0 Å². The number of carbonyl (C=O) groups is 1. The minimum absolute atomic E-state index is 0.00794. The number of nitrogens with one attached hydrogen (secondary N) is 2. The van der Waals surface area contributed by atoms with Crippen molar-refractivity contribution < 1.29 is 20.1 Å². The van der Waals surface area contributed by atoms with Crippen LogP contribution in [0.4, 0.5) is 0 Å².